The predicted molar refractivity (Wildman–Crippen MR) is 61.4 cm³/mol. The number of hydrogen-bond acceptors (Lipinski definition) is 4. The van der Waals surface area contributed by atoms with Gasteiger partial charge in [0.15, 0.2) is 10.9 Å². The molecule has 0 fully saturated rings. The summed E-state index contributed by atoms with van der Waals surface area (Å²) in [5.41, 5.74) is 0.648. The van der Waals surface area contributed by atoms with Crippen molar-refractivity contribution >= 4 is 50.0 Å². The molecule has 0 spiro atoms. The third-order valence-electron chi connectivity index (χ3n) is 1.84. The van der Waals surface area contributed by atoms with E-state index in [1.165, 1.54) is 18.4 Å². The Kier molecular flexibility index (Phi) is 2.82. The van der Waals surface area contributed by atoms with Crippen LogP contribution in [0.15, 0.2) is 12.1 Å². The molecule has 2 aromatic heterocycles. The summed E-state index contributed by atoms with van der Waals surface area (Å²) in [7, 11) is 1.51. The maximum absolute atomic E-state index is 10.9. The van der Waals surface area contributed by atoms with Crippen LogP contribution in [-0.4, -0.2) is 17.3 Å². The molecule has 0 N–H and O–H groups in total. The van der Waals surface area contributed by atoms with Gasteiger partial charge in [-0.2, -0.15) is 0 Å². The number of methoxy groups -OCH3 is 1. The van der Waals surface area contributed by atoms with Gasteiger partial charge in [-0.05, 0) is 17.7 Å². The summed E-state index contributed by atoms with van der Waals surface area (Å²) < 4.78 is 5.84. The lowest BCUT2D eigenvalue weighted by Gasteiger charge is -2.00. The number of fused-ring (bicyclic) bond motifs is 1. The molecule has 0 aliphatic heterocycles. The summed E-state index contributed by atoms with van der Waals surface area (Å²) in [6.07, 6.45) is 0. The van der Waals surface area contributed by atoms with E-state index in [2.05, 4.69) is 4.98 Å². The molecule has 0 amide bonds. The molecule has 0 saturated heterocycles. The van der Waals surface area contributed by atoms with Gasteiger partial charge in [0.05, 0.1) is 22.2 Å². The Bertz CT molecular complexity index is 538. The standard InChI is InChI=1S/C9H5Cl2NO2S/c1-14-5-3-6-4(12-8(5)10)2-7(15-6)9(11)13/h2-3H,1H3. The second-order valence-corrected chi connectivity index (χ2v) is 4.53. The molecule has 0 unspecified atom stereocenters. The lowest BCUT2D eigenvalue weighted by atomic mass is 10.3. The van der Waals surface area contributed by atoms with Crippen molar-refractivity contribution in [3.05, 3.63) is 22.2 Å². The smallest absolute Gasteiger partial charge is 0.262 e. The first-order chi connectivity index (χ1) is 7.11. The molecule has 78 valence electrons. The van der Waals surface area contributed by atoms with Crippen LogP contribution in [0.1, 0.15) is 9.67 Å². The number of hydrogen-bond donors (Lipinski definition) is 0. The van der Waals surface area contributed by atoms with E-state index < -0.39 is 5.24 Å². The summed E-state index contributed by atoms with van der Waals surface area (Å²) >= 11 is 12.5. The van der Waals surface area contributed by atoms with Gasteiger partial charge in [0, 0.05) is 6.07 Å². The third kappa shape index (κ3) is 1.93. The average molecular weight is 262 g/mol. The van der Waals surface area contributed by atoms with Crippen molar-refractivity contribution in [2.24, 2.45) is 0 Å². The number of rotatable bonds is 2. The second kappa shape index (κ2) is 3.96. The van der Waals surface area contributed by atoms with Crippen LogP contribution in [0, 0.1) is 0 Å². The first-order valence-electron chi connectivity index (χ1n) is 3.95. The van der Waals surface area contributed by atoms with Crippen molar-refractivity contribution in [1.82, 2.24) is 4.98 Å². The van der Waals surface area contributed by atoms with E-state index >= 15 is 0 Å². The van der Waals surface area contributed by atoms with Crippen molar-refractivity contribution in [1.29, 1.82) is 0 Å². The van der Waals surface area contributed by atoms with Crippen molar-refractivity contribution in [2.75, 3.05) is 7.11 Å². The first kappa shape index (κ1) is 10.7. The van der Waals surface area contributed by atoms with Crippen molar-refractivity contribution in [2.45, 2.75) is 0 Å². The number of carbonyl (C=O) groups excluding carboxylic acids is 1. The number of pyridine rings is 1. The average Bonchev–Trinajstić information content (AvgIpc) is 2.59. The number of nitrogens with zero attached hydrogens (tertiary/aromatic N) is 1. The van der Waals surface area contributed by atoms with Gasteiger partial charge in [0.1, 0.15) is 0 Å². The van der Waals surface area contributed by atoms with E-state index in [9.17, 15) is 4.79 Å². The Labute approximate surface area is 99.6 Å². The molecule has 15 heavy (non-hydrogen) atoms. The van der Waals surface area contributed by atoms with E-state index in [0.29, 0.717) is 16.1 Å². The zero-order chi connectivity index (χ0) is 11.0. The van der Waals surface area contributed by atoms with Crippen LogP contribution < -0.4 is 4.74 Å². The highest BCUT2D eigenvalue weighted by molar-refractivity contribution is 7.22. The Balaban J connectivity index is 2.66. The third-order valence-corrected chi connectivity index (χ3v) is 3.49. The topological polar surface area (TPSA) is 39.2 Å². The lowest BCUT2D eigenvalue weighted by Crippen LogP contribution is -1.85. The molecule has 2 rings (SSSR count). The molecule has 0 atom stereocenters. The fourth-order valence-corrected chi connectivity index (χ4v) is 2.42. The highest BCUT2D eigenvalue weighted by Gasteiger charge is 2.11. The zero-order valence-corrected chi connectivity index (χ0v) is 9.91. The molecule has 2 heterocycles. The molecule has 0 bridgehead atoms. The summed E-state index contributed by atoms with van der Waals surface area (Å²) in [4.78, 5) is 15.5. The number of thiophene rings is 1. The molecule has 0 saturated carbocycles. The van der Waals surface area contributed by atoms with Crippen LogP contribution in [0.4, 0.5) is 0 Å². The molecule has 3 nitrogen and oxygen atoms in total. The fraction of sp³-hybridized carbons (Fsp3) is 0.111. The Morgan fingerprint density at radius 2 is 2.27 bits per heavy atom. The normalized spacial score (nSPS) is 10.6. The summed E-state index contributed by atoms with van der Waals surface area (Å²) in [6.45, 7) is 0. The molecule has 6 heteroatoms. The molecule has 2 aromatic rings. The minimum Gasteiger partial charge on any atom is -0.493 e. The first-order valence-corrected chi connectivity index (χ1v) is 5.53. The van der Waals surface area contributed by atoms with E-state index in [1.807, 2.05) is 0 Å². The SMILES string of the molecule is COc1cc2sc(C(=O)Cl)cc2nc1Cl. The molecule has 0 aliphatic carbocycles. The van der Waals surface area contributed by atoms with Crippen LogP contribution in [-0.2, 0) is 0 Å². The van der Waals surface area contributed by atoms with Crippen molar-refractivity contribution in [3.8, 4) is 5.75 Å². The van der Waals surface area contributed by atoms with Crippen LogP contribution in [0.2, 0.25) is 5.15 Å². The van der Waals surface area contributed by atoms with Gasteiger partial charge in [0.2, 0.25) is 0 Å². The van der Waals surface area contributed by atoms with Gasteiger partial charge in [-0.25, -0.2) is 4.98 Å². The number of carbonyl (C=O) groups is 1. The maximum Gasteiger partial charge on any atom is 0.262 e. The quantitative estimate of drug-likeness (QED) is 0.615. The zero-order valence-electron chi connectivity index (χ0n) is 7.58. The van der Waals surface area contributed by atoms with Gasteiger partial charge < -0.3 is 4.74 Å². The largest absolute Gasteiger partial charge is 0.493 e. The number of ether oxygens (including phenoxy) is 1. The fourth-order valence-electron chi connectivity index (χ4n) is 1.17. The summed E-state index contributed by atoms with van der Waals surface area (Å²) in [5, 5.41) is -0.218. The second-order valence-electron chi connectivity index (χ2n) is 2.75. The molecule has 0 radical (unpaired) electrons. The minimum atomic E-state index is -0.493. The van der Waals surface area contributed by atoms with Gasteiger partial charge in [-0.1, -0.05) is 11.6 Å². The Morgan fingerprint density at radius 3 is 2.87 bits per heavy atom. The Hall–Kier alpha value is -0.840. The monoisotopic (exact) mass is 261 g/mol. The van der Waals surface area contributed by atoms with Crippen LogP contribution >= 0.6 is 34.5 Å². The number of aromatic nitrogens is 1. The van der Waals surface area contributed by atoms with Crippen LogP contribution in [0.5, 0.6) is 5.75 Å². The van der Waals surface area contributed by atoms with E-state index in [4.69, 9.17) is 27.9 Å². The van der Waals surface area contributed by atoms with E-state index in [-0.39, 0.29) is 5.15 Å². The van der Waals surface area contributed by atoms with Gasteiger partial charge >= 0.3 is 0 Å². The van der Waals surface area contributed by atoms with E-state index in [0.717, 1.165) is 4.70 Å². The molecule has 0 aliphatic rings. The van der Waals surface area contributed by atoms with Crippen molar-refractivity contribution in [3.63, 3.8) is 0 Å². The maximum atomic E-state index is 10.9. The molecular weight excluding hydrogens is 257 g/mol. The van der Waals surface area contributed by atoms with Crippen LogP contribution in [0.25, 0.3) is 10.2 Å². The lowest BCUT2D eigenvalue weighted by molar-refractivity contribution is 0.108. The Morgan fingerprint density at radius 1 is 1.53 bits per heavy atom. The predicted octanol–water partition coefficient (Wildman–Crippen LogP) is 3.34. The minimum absolute atomic E-state index is 0.274. The highest BCUT2D eigenvalue weighted by atomic mass is 35.5. The number of halogens is 2. The van der Waals surface area contributed by atoms with Gasteiger partial charge in [0.25, 0.3) is 5.24 Å². The molecular formula is C9H5Cl2NO2S. The summed E-state index contributed by atoms with van der Waals surface area (Å²) in [5.74, 6) is 0.486. The van der Waals surface area contributed by atoms with Gasteiger partial charge in [-0.3, -0.25) is 4.79 Å². The van der Waals surface area contributed by atoms with Crippen LogP contribution in [0.3, 0.4) is 0 Å². The van der Waals surface area contributed by atoms with Gasteiger partial charge in [-0.15, -0.1) is 11.3 Å². The van der Waals surface area contributed by atoms with E-state index in [1.54, 1.807) is 12.1 Å². The molecule has 0 aromatic carbocycles. The highest BCUT2D eigenvalue weighted by Crippen LogP contribution is 2.32. The van der Waals surface area contributed by atoms with Crippen molar-refractivity contribution < 1.29 is 9.53 Å². The summed E-state index contributed by atoms with van der Waals surface area (Å²) in [6, 6.07) is 3.35.